The van der Waals surface area contributed by atoms with Crippen LogP contribution in [0.3, 0.4) is 0 Å². The molecule has 0 saturated heterocycles. The van der Waals surface area contributed by atoms with E-state index in [0.29, 0.717) is 25.2 Å². The molecule has 0 aliphatic rings. The van der Waals surface area contributed by atoms with Gasteiger partial charge in [0.25, 0.3) is 0 Å². The van der Waals surface area contributed by atoms with E-state index in [-0.39, 0.29) is 4.90 Å². The molecule has 1 aromatic carbocycles. The molecule has 0 amide bonds. The van der Waals surface area contributed by atoms with Gasteiger partial charge in [-0.2, -0.15) is 11.8 Å². The van der Waals surface area contributed by atoms with Gasteiger partial charge in [0.15, 0.2) is 0 Å². The third kappa shape index (κ3) is 4.44. The van der Waals surface area contributed by atoms with E-state index in [2.05, 4.69) is 5.32 Å². The highest BCUT2D eigenvalue weighted by molar-refractivity contribution is 7.98. The standard InChI is InChI=1S/C13H21FN2O2S2/c1-4-15-10-11-9-12(5-6-13(11)14)20(17,18)16(2)7-8-19-3/h5-6,9,15H,4,7-8,10H2,1-3H3. The molecule has 1 rings (SSSR count). The van der Waals surface area contributed by atoms with E-state index in [4.69, 9.17) is 0 Å². The van der Waals surface area contributed by atoms with E-state index in [9.17, 15) is 12.8 Å². The van der Waals surface area contributed by atoms with Gasteiger partial charge in [-0.15, -0.1) is 0 Å². The first kappa shape index (κ1) is 17.4. The number of benzene rings is 1. The van der Waals surface area contributed by atoms with Crippen molar-refractivity contribution in [2.45, 2.75) is 18.4 Å². The third-order valence-electron chi connectivity index (χ3n) is 2.90. The second-order valence-electron chi connectivity index (χ2n) is 4.35. The Labute approximate surface area is 124 Å². The molecule has 0 saturated carbocycles. The molecule has 0 atom stereocenters. The summed E-state index contributed by atoms with van der Waals surface area (Å²) in [6.45, 7) is 3.36. The summed E-state index contributed by atoms with van der Waals surface area (Å²) in [5.74, 6) is 0.331. The number of nitrogens with one attached hydrogen (secondary N) is 1. The molecule has 0 heterocycles. The minimum absolute atomic E-state index is 0.135. The molecule has 0 aliphatic carbocycles. The van der Waals surface area contributed by atoms with Crippen molar-refractivity contribution < 1.29 is 12.8 Å². The maximum atomic E-state index is 13.6. The summed E-state index contributed by atoms with van der Waals surface area (Å²) in [5, 5.41) is 3.00. The SMILES string of the molecule is CCNCc1cc(S(=O)(=O)N(C)CCSC)ccc1F. The van der Waals surface area contributed by atoms with Crippen molar-refractivity contribution in [3.63, 3.8) is 0 Å². The highest BCUT2D eigenvalue weighted by Gasteiger charge is 2.21. The van der Waals surface area contributed by atoms with Gasteiger partial charge in [-0.25, -0.2) is 17.1 Å². The minimum Gasteiger partial charge on any atom is -0.313 e. The Morgan fingerprint density at radius 2 is 2.10 bits per heavy atom. The van der Waals surface area contributed by atoms with Crippen molar-refractivity contribution in [2.24, 2.45) is 0 Å². The summed E-state index contributed by atoms with van der Waals surface area (Å²) in [6, 6.07) is 3.93. The average Bonchev–Trinajstić information content (AvgIpc) is 2.43. The van der Waals surface area contributed by atoms with Gasteiger partial charge in [0.1, 0.15) is 5.82 Å². The fraction of sp³-hybridized carbons (Fsp3) is 0.538. The van der Waals surface area contributed by atoms with E-state index in [1.54, 1.807) is 18.8 Å². The summed E-state index contributed by atoms with van der Waals surface area (Å²) in [5.41, 5.74) is 0.367. The second kappa shape index (κ2) is 7.97. The topological polar surface area (TPSA) is 49.4 Å². The summed E-state index contributed by atoms with van der Waals surface area (Å²) in [7, 11) is -2.01. The Bertz CT molecular complexity index is 535. The van der Waals surface area contributed by atoms with Crippen molar-refractivity contribution in [3.8, 4) is 0 Å². The van der Waals surface area contributed by atoms with Crippen LogP contribution in [0, 0.1) is 5.82 Å². The largest absolute Gasteiger partial charge is 0.313 e. The first-order valence-corrected chi connectivity index (χ1v) is 9.21. The van der Waals surface area contributed by atoms with Crippen LogP contribution in [0.5, 0.6) is 0 Å². The molecule has 20 heavy (non-hydrogen) atoms. The van der Waals surface area contributed by atoms with Crippen LogP contribution in [0.4, 0.5) is 4.39 Å². The molecule has 0 radical (unpaired) electrons. The molecule has 1 N–H and O–H groups in total. The summed E-state index contributed by atoms with van der Waals surface area (Å²) >= 11 is 1.58. The zero-order valence-corrected chi connectivity index (χ0v) is 13.7. The van der Waals surface area contributed by atoms with Crippen LogP contribution >= 0.6 is 11.8 Å². The lowest BCUT2D eigenvalue weighted by molar-refractivity contribution is 0.488. The van der Waals surface area contributed by atoms with Gasteiger partial charge >= 0.3 is 0 Å². The van der Waals surface area contributed by atoms with Gasteiger partial charge in [-0.05, 0) is 31.0 Å². The molecule has 4 nitrogen and oxygen atoms in total. The average molecular weight is 320 g/mol. The lowest BCUT2D eigenvalue weighted by Crippen LogP contribution is -2.29. The Balaban J connectivity index is 3.00. The fourth-order valence-electron chi connectivity index (χ4n) is 1.63. The van der Waals surface area contributed by atoms with Crippen molar-refractivity contribution in [2.75, 3.05) is 32.1 Å². The van der Waals surface area contributed by atoms with Crippen molar-refractivity contribution in [3.05, 3.63) is 29.6 Å². The number of hydrogen-bond acceptors (Lipinski definition) is 4. The smallest absolute Gasteiger partial charge is 0.242 e. The molecule has 0 aliphatic heterocycles. The van der Waals surface area contributed by atoms with Crippen LogP contribution in [-0.4, -0.2) is 44.9 Å². The first-order valence-electron chi connectivity index (χ1n) is 6.38. The van der Waals surface area contributed by atoms with E-state index in [1.165, 1.54) is 22.5 Å². The van der Waals surface area contributed by atoms with Gasteiger partial charge in [-0.3, -0.25) is 0 Å². The third-order valence-corrected chi connectivity index (χ3v) is 5.34. The molecule has 0 aromatic heterocycles. The molecular weight excluding hydrogens is 299 g/mol. The molecule has 0 fully saturated rings. The molecule has 0 bridgehead atoms. The van der Waals surface area contributed by atoms with E-state index < -0.39 is 15.8 Å². The van der Waals surface area contributed by atoms with Crippen LogP contribution in [0.1, 0.15) is 12.5 Å². The Hall–Kier alpha value is -0.630. The minimum atomic E-state index is -3.55. The molecule has 0 spiro atoms. The molecular formula is C13H21FN2O2S2. The molecule has 0 unspecified atom stereocenters. The molecule has 7 heteroatoms. The summed E-state index contributed by atoms with van der Waals surface area (Å²) in [4.78, 5) is 0.135. The van der Waals surface area contributed by atoms with Crippen molar-refractivity contribution >= 4 is 21.8 Å². The predicted molar refractivity (Wildman–Crippen MR) is 82.0 cm³/mol. The van der Waals surface area contributed by atoms with Gasteiger partial charge in [0.2, 0.25) is 10.0 Å². The highest BCUT2D eigenvalue weighted by Crippen LogP contribution is 2.18. The molecule has 114 valence electrons. The molecule has 1 aromatic rings. The van der Waals surface area contributed by atoms with E-state index in [0.717, 1.165) is 5.75 Å². The Kier molecular flexibility index (Phi) is 6.94. The van der Waals surface area contributed by atoms with Gasteiger partial charge in [0.05, 0.1) is 4.90 Å². The summed E-state index contributed by atoms with van der Waals surface area (Å²) < 4.78 is 39.6. The first-order chi connectivity index (χ1) is 9.43. The Morgan fingerprint density at radius 3 is 2.70 bits per heavy atom. The lowest BCUT2D eigenvalue weighted by atomic mass is 10.2. The number of halogens is 1. The van der Waals surface area contributed by atoms with Crippen LogP contribution in [0.15, 0.2) is 23.1 Å². The summed E-state index contributed by atoms with van der Waals surface area (Å²) in [6.07, 6.45) is 1.92. The number of hydrogen-bond donors (Lipinski definition) is 1. The van der Waals surface area contributed by atoms with Crippen LogP contribution in [0.2, 0.25) is 0 Å². The maximum absolute atomic E-state index is 13.6. The second-order valence-corrected chi connectivity index (χ2v) is 7.38. The highest BCUT2D eigenvalue weighted by atomic mass is 32.2. The van der Waals surface area contributed by atoms with Gasteiger partial charge < -0.3 is 5.32 Å². The zero-order valence-electron chi connectivity index (χ0n) is 12.0. The monoisotopic (exact) mass is 320 g/mol. The quantitative estimate of drug-likeness (QED) is 0.795. The lowest BCUT2D eigenvalue weighted by Gasteiger charge is -2.17. The van der Waals surface area contributed by atoms with E-state index in [1.807, 2.05) is 13.2 Å². The van der Waals surface area contributed by atoms with Crippen molar-refractivity contribution in [1.29, 1.82) is 0 Å². The van der Waals surface area contributed by atoms with Crippen molar-refractivity contribution in [1.82, 2.24) is 9.62 Å². The Morgan fingerprint density at radius 1 is 1.40 bits per heavy atom. The van der Waals surface area contributed by atoms with Gasteiger partial charge in [-0.1, -0.05) is 6.92 Å². The number of nitrogens with zero attached hydrogens (tertiary/aromatic N) is 1. The van der Waals surface area contributed by atoms with Crippen LogP contribution < -0.4 is 5.32 Å². The van der Waals surface area contributed by atoms with E-state index >= 15 is 0 Å². The predicted octanol–water partition coefficient (Wildman–Crippen LogP) is 1.92. The number of thioether (sulfide) groups is 1. The van der Waals surface area contributed by atoms with Crippen LogP contribution in [0.25, 0.3) is 0 Å². The van der Waals surface area contributed by atoms with Crippen LogP contribution in [-0.2, 0) is 16.6 Å². The number of rotatable bonds is 8. The van der Waals surface area contributed by atoms with Gasteiger partial charge in [0, 0.05) is 31.5 Å². The fourth-order valence-corrected chi connectivity index (χ4v) is 3.42. The maximum Gasteiger partial charge on any atom is 0.242 e. The zero-order chi connectivity index (χ0) is 15.2. The normalized spacial score (nSPS) is 12.1. The number of sulfonamides is 1.